The molecule has 0 radical (unpaired) electrons. The van der Waals surface area contributed by atoms with Crippen molar-refractivity contribution >= 4 is 23.6 Å². The number of hydrogen-bond acceptors (Lipinski definition) is 4. The van der Waals surface area contributed by atoms with E-state index >= 15 is 0 Å². The van der Waals surface area contributed by atoms with E-state index in [1.54, 1.807) is 6.92 Å². The molecule has 5 nitrogen and oxygen atoms in total. The van der Waals surface area contributed by atoms with Crippen LogP contribution >= 0.6 is 11.6 Å². The van der Waals surface area contributed by atoms with Crippen LogP contribution in [0.5, 0.6) is 0 Å². The van der Waals surface area contributed by atoms with Gasteiger partial charge in [0, 0.05) is 12.4 Å². The average Bonchev–Trinajstić information content (AvgIpc) is 2.18. The summed E-state index contributed by atoms with van der Waals surface area (Å²) in [6, 6.07) is 1.46. The summed E-state index contributed by atoms with van der Waals surface area (Å²) in [6.07, 6.45) is 1.92. The van der Waals surface area contributed by atoms with Crippen LogP contribution in [0.3, 0.4) is 0 Å². The van der Waals surface area contributed by atoms with Crippen LogP contribution in [0.15, 0.2) is 18.5 Å². The molecule has 0 fully saturated rings. The highest BCUT2D eigenvalue weighted by molar-refractivity contribution is 6.34. The molecule has 0 aliphatic rings. The highest BCUT2D eigenvalue weighted by atomic mass is 35.5. The number of amides is 2. The number of rotatable bonds is 2. The van der Waals surface area contributed by atoms with Crippen LogP contribution in [0, 0.1) is 0 Å². The van der Waals surface area contributed by atoms with E-state index in [1.165, 1.54) is 18.5 Å². The second kappa shape index (κ2) is 5.31. The SMILES string of the molecule is CCOC(=O)NC(=O)c1cnccc1Cl. The van der Waals surface area contributed by atoms with Gasteiger partial charge in [0.15, 0.2) is 0 Å². The molecule has 0 aromatic carbocycles. The second-order valence-electron chi connectivity index (χ2n) is 2.53. The molecule has 1 heterocycles. The van der Waals surface area contributed by atoms with Crippen molar-refractivity contribution < 1.29 is 14.3 Å². The normalized spacial score (nSPS) is 9.47. The number of aromatic nitrogens is 1. The molecular formula is C9H9ClN2O3. The molecule has 1 aromatic rings. The predicted octanol–water partition coefficient (Wildman–Crippen LogP) is 1.62. The molecule has 1 aromatic heterocycles. The topological polar surface area (TPSA) is 68.3 Å². The molecule has 6 heteroatoms. The highest BCUT2D eigenvalue weighted by Gasteiger charge is 2.13. The largest absolute Gasteiger partial charge is 0.450 e. The van der Waals surface area contributed by atoms with Gasteiger partial charge in [0.05, 0.1) is 17.2 Å². The van der Waals surface area contributed by atoms with Crippen molar-refractivity contribution in [1.29, 1.82) is 0 Å². The zero-order valence-electron chi connectivity index (χ0n) is 7.99. The Labute approximate surface area is 91.4 Å². The number of halogens is 1. The zero-order valence-corrected chi connectivity index (χ0v) is 8.75. The van der Waals surface area contributed by atoms with Gasteiger partial charge in [0.25, 0.3) is 5.91 Å². The molecule has 1 rings (SSSR count). The molecule has 0 bridgehead atoms. The minimum absolute atomic E-state index is 0.132. The van der Waals surface area contributed by atoms with Crippen molar-refractivity contribution in [2.24, 2.45) is 0 Å². The quantitative estimate of drug-likeness (QED) is 0.835. The predicted molar refractivity (Wildman–Crippen MR) is 53.7 cm³/mol. The van der Waals surface area contributed by atoms with Gasteiger partial charge in [-0.25, -0.2) is 4.79 Å². The molecule has 0 unspecified atom stereocenters. The molecular weight excluding hydrogens is 220 g/mol. The van der Waals surface area contributed by atoms with E-state index in [4.69, 9.17) is 11.6 Å². The number of ether oxygens (including phenoxy) is 1. The van der Waals surface area contributed by atoms with Gasteiger partial charge in [-0.05, 0) is 13.0 Å². The van der Waals surface area contributed by atoms with E-state index < -0.39 is 12.0 Å². The maximum Gasteiger partial charge on any atom is 0.414 e. The van der Waals surface area contributed by atoms with Gasteiger partial charge >= 0.3 is 6.09 Å². The van der Waals surface area contributed by atoms with Crippen LogP contribution in [0.1, 0.15) is 17.3 Å². The van der Waals surface area contributed by atoms with Crippen molar-refractivity contribution in [3.05, 3.63) is 29.0 Å². The summed E-state index contributed by atoms with van der Waals surface area (Å²) in [5.41, 5.74) is 0.132. The molecule has 0 atom stereocenters. The van der Waals surface area contributed by atoms with Crippen LogP contribution in [0.25, 0.3) is 0 Å². The van der Waals surface area contributed by atoms with Crippen LogP contribution in [-0.4, -0.2) is 23.6 Å². The first kappa shape index (κ1) is 11.5. The Morgan fingerprint density at radius 3 is 2.93 bits per heavy atom. The highest BCUT2D eigenvalue weighted by Crippen LogP contribution is 2.12. The molecule has 15 heavy (non-hydrogen) atoms. The fourth-order valence-electron chi connectivity index (χ4n) is 0.872. The van der Waals surface area contributed by atoms with Gasteiger partial charge in [-0.2, -0.15) is 0 Å². The number of nitrogens with zero attached hydrogens (tertiary/aromatic N) is 1. The third kappa shape index (κ3) is 3.21. The molecule has 0 saturated carbocycles. The first-order valence-electron chi connectivity index (χ1n) is 4.22. The Balaban J connectivity index is 2.70. The van der Waals surface area contributed by atoms with E-state index in [9.17, 15) is 9.59 Å². The lowest BCUT2D eigenvalue weighted by Gasteiger charge is -2.04. The van der Waals surface area contributed by atoms with Crippen LogP contribution in [0.2, 0.25) is 5.02 Å². The van der Waals surface area contributed by atoms with Crippen molar-refractivity contribution in [2.45, 2.75) is 6.92 Å². The number of pyridine rings is 1. The smallest absolute Gasteiger partial charge is 0.414 e. The Kier molecular flexibility index (Phi) is 4.05. The first-order chi connectivity index (χ1) is 7.15. The molecule has 0 spiro atoms. The van der Waals surface area contributed by atoms with Gasteiger partial charge in [0.2, 0.25) is 0 Å². The van der Waals surface area contributed by atoms with Crippen molar-refractivity contribution in [1.82, 2.24) is 10.3 Å². The maximum absolute atomic E-state index is 11.4. The van der Waals surface area contributed by atoms with Gasteiger partial charge in [0.1, 0.15) is 0 Å². The third-order valence-electron chi connectivity index (χ3n) is 1.50. The monoisotopic (exact) mass is 228 g/mol. The van der Waals surface area contributed by atoms with E-state index in [-0.39, 0.29) is 17.2 Å². The lowest BCUT2D eigenvalue weighted by molar-refractivity contribution is 0.0925. The standard InChI is InChI=1S/C9H9ClN2O3/c1-2-15-9(14)12-8(13)6-5-11-4-3-7(6)10/h3-5H,2H2,1H3,(H,12,13,14). The fourth-order valence-corrected chi connectivity index (χ4v) is 1.06. The van der Waals surface area contributed by atoms with Gasteiger partial charge in [-0.3, -0.25) is 15.1 Å². The Morgan fingerprint density at radius 2 is 2.33 bits per heavy atom. The molecule has 2 amide bonds. The van der Waals surface area contributed by atoms with E-state index in [0.717, 1.165) is 0 Å². The summed E-state index contributed by atoms with van der Waals surface area (Å²) in [7, 11) is 0. The summed E-state index contributed by atoms with van der Waals surface area (Å²) in [5, 5.41) is 2.24. The summed E-state index contributed by atoms with van der Waals surface area (Å²) in [4.78, 5) is 26.1. The number of hydrogen-bond donors (Lipinski definition) is 1. The summed E-state index contributed by atoms with van der Waals surface area (Å²) < 4.78 is 4.54. The minimum Gasteiger partial charge on any atom is -0.450 e. The van der Waals surface area contributed by atoms with Gasteiger partial charge < -0.3 is 4.74 Å². The molecule has 1 N–H and O–H groups in total. The number of nitrogens with one attached hydrogen (secondary N) is 1. The van der Waals surface area contributed by atoms with Crippen LogP contribution < -0.4 is 5.32 Å². The molecule has 80 valence electrons. The number of imide groups is 1. The minimum atomic E-state index is -0.803. The Hall–Kier alpha value is -1.62. The summed E-state index contributed by atoms with van der Waals surface area (Å²) >= 11 is 5.73. The first-order valence-corrected chi connectivity index (χ1v) is 4.60. The van der Waals surface area contributed by atoms with E-state index in [1.807, 2.05) is 5.32 Å². The lowest BCUT2D eigenvalue weighted by atomic mass is 10.3. The summed E-state index contributed by atoms with van der Waals surface area (Å²) in [5.74, 6) is -0.633. The van der Waals surface area contributed by atoms with Crippen molar-refractivity contribution in [3.8, 4) is 0 Å². The second-order valence-corrected chi connectivity index (χ2v) is 2.94. The third-order valence-corrected chi connectivity index (χ3v) is 1.83. The Morgan fingerprint density at radius 1 is 1.60 bits per heavy atom. The number of carbonyl (C=O) groups excluding carboxylic acids is 2. The van der Waals surface area contributed by atoms with Gasteiger partial charge in [-0.15, -0.1) is 0 Å². The van der Waals surface area contributed by atoms with E-state index in [0.29, 0.717) is 0 Å². The van der Waals surface area contributed by atoms with Crippen molar-refractivity contribution in [2.75, 3.05) is 6.61 Å². The summed E-state index contributed by atoms with van der Waals surface area (Å²) in [6.45, 7) is 1.83. The lowest BCUT2D eigenvalue weighted by Crippen LogP contribution is -2.31. The van der Waals surface area contributed by atoms with E-state index in [2.05, 4.69) is 9.72 Å². The maximum atomic E-state index is 11.4. The Bertz CT molecular complexity index is 381. The van der Waals surface area contributed by atoms with Crippen LogP contribution in [-0.2, 0) is 4.74 Å². The molecule has 0 saturated heterocycles. The van der Waals surface area contributed by atoms with Crippen molar-refractivity contribution in [3.63, 3.8) is 0 Å². The van der Waals surface area contributed by atoms with Crippen LogP contribution in [0.4, 0.5) is 4.79 Å². The number of carbonyl (C=O) groups is 2. The average molecular weight is 229 g/mol. The van der Waals surface area contributed by atoms with Gasteiger partial charge in [-0.1, -0.05) is 11.6 Å². The molecule has 0 aliphatic carbocycles. The fraction of sp³-hybridized carbons (Fsp3) is 0.222. The molecule has 0 aliphatic heterocycles. The zero-order chi connectivity index (χ0) is 11.3. The number of alkyl carbamates (subject to hydrolysis) is 1.